The highest BCUT2D eigenvalue weighted by atomic mass is 32.1. The third kappa shape index (κ3) is 2.17. The summed E-state index contributed by atoms with van der Waals surface area (Å²) >= 11 is 3.50. The lowest BCUT2D eigenvalue weighted by Gasteiger charge is -2.13. The smallest absolute Gasteiger partial charge is 0.231 e. The SMILES string of the molecule is c1csc(-c2ccc(-c3cccs3)n2-c2ccc3c(c2)OCO3)c1. The molecular weight excluding hydrogens is 338 g/mol. The Morgan fingerprint density at radius 2 is 1.42 bits per heavy atom. The summed E-state index contributed by atoms with van der Waals surface area (Å²) in [6.07, 6.45) is 0. The third-order valence-corrected chi connectivity index (χ3v) is 5.83. The number of benzene rings is 1. The van der Waals surface area contributed by atoms with Crippen molar-refractivity contribution in [2.45, 2.75) is 0 Å². The van der Waals surface area contributed by atoms with Crippen LogP contribution in [-0.4, -0.2) is 11.4 Å². The van der Waals surface area contributed by atoms with E-state index in [0.717, 1.165) is 17.2 Å². The molecule has 0 radical (unpaired) electrons. The molecular formula is C19H13NO2S2. The van der Waals surface area contributed by atoms with E-state index in [4.69, 9.17) is 9.47 Å². The summed E-state index contributed by atoms with van der Waals surface area (Å²) < 4.78 is 13.3. The fourth-order valence-corrected chi connectivity index (χ4v) is 4.45. The number of thiophene rings is 2. The van der Waals surface area contributed by atoms with Gasteiger partial charge in [-0.25, -0.2) is 0 Å². The minimum absolute atomic E-state index is 0.292. The molecule has 0 atom stereocenters. The Morgan fingerprint density at radius 3 is 2.04 bits per heavy atom. The number of hydrogen-bond acceptors (Lipinski definition) is 4. The Kier molecular flexibility index (Phi) is 3.21. The summed E-state index contributed by atoms with van der Waals surface area (Å²) in [6.45, 7) is 0.292. The maximum absolute atomic E-state index is 5.57. The van der Waals surface area contributed by atoms with Crippen molar-refractivity contribution >= 4 is 22.7 Å². The fraction of sp³-hybridized carbons (Fsp3) is 0.0526. The van der Waals surface area contributed by atoms with Gasteiger partial charge < -0.3 is 14.0 Å². The topological polar surface area (TPSA) is 23.4 Å². The predicted octanol–water partition coefficient (Wildman–Crippen LogP) is 5.66. The summed E-state index contributed by atoms with van der Waals surface area (Å²) in [4.78, 5) is 2.49. The molecule has 1 aliphatic heterocycles. The molecule has 0 saturated carbocycles. The molecule has 24 heavy (non-hydrogen) atoms. The highest BCUT2D eigenvalue weighted by Gasteiger charge is 2.18. The molecule has 0 unspecified atom stereocenters. The van der Waals surface area contributed by atoms with Gasteiger partial charge in [0.2, 0.25) is 6.79 Å². The third-order valence-electron chi connectivity index (χ3n) is 4.04. The van der Waals surface area contributed by atoms with E-state index in [1.807, 2.05) is 6.07 Å². The zero-order valence-corrected chi connectivity index (χ0v) is 14.3. The molecule has 1 aromatic carbocycles. The van der Waals surface area contributed by atoms with Gasteiger partial charge in [-0.05, 0) is 47.2 Å². The Bertz CT molecular complexity index is 933. The second kappa shape index (κ2) is 5.54. The van der Waals surface area contributed by atoms with Gasteiger partial charge in [0.15, 0.2) is 11.5 Å². The van der Waals surface area contributed by atoms with Crippen LogP contribution in [0.4, 0.5) is 0 Å². The number of hydrogen-bond donors (Lipinski definition) is 0. The van der Waals surface area contributed by atoms with Crippen LogP contribution in [-0.2, 0) is 0 Å². The van der Waals surface area contributed by atoms with Crippen LogP contribution in [0.3, 0.4) is 0 Å². The lowest BCUT2D eigenvalue weighted by atomic mass is 10.2. The van der Waals surface area contributed by atoms with Gasteiger partial charge in [0.05, 0.1) is 26.8 Å². The molecule has 118 valence electrons. The lowest BCUT2D eigenvalue weighted by molar-refractivity contribution is 0.174. The van der Waals surface area contributed by atoms with Crippen LogP contribution >= 0.6 is 22.7 Å². The second-order valence-corrected chi connectivity index (χ2v) is 7.33. The van der Waals surface area contributed by atoms with E-state index in [-0.39, 0.29) is 0 Å². The first kappa shape index (κ1) is 13.9. The first-order chi connectivity index (χ1) is 11.9. The van der Waals surface area contributed by atoms with Gasteiger partial charge in [0.1, 0.15) is 0 Å². The van der Waals surface area contributed by atoms with Crippen molar-refractivity contribution in [2.24, 2.45) is 0 Å². The van der Waals surface area contributed by atoms with Gasteiger partial charge in [-0.1, -0.05) is 12.1 Å². The number of fused-ring (bicyclic) bond motifs is 1. The Hall–Kier alpha value is -2.50. The van der Waals surface area contributed by atoms with Crippen molar-refractivity contribution in [1.82, 2.24) is 4.57 Å². The van der Waals surface area contributed by atoms with Crippen molar-refractivity contribution in [1.29, 1.82) is 0 Å². The molecule has 0 aliphatic carbocycles. The molecule has 3 nitrogen and oxygen atoms in total. The minimum Gasteiger partial charge on any atom is -0.454 e. The van der Waals surface area contributed by atoms with Crippen LogP contribution in [0.25, 0.3) is 26.8 Å². The molecule has 0 N–H and O–H groups in total. The number of rotatable bonds is 3. The average molecular weight is 351 g/mol. The zero-order chi connectivity index (χ0) is 15.9. The second-order valence-electron chi connectivity index (χ2n) is 5.43. The van der Waals surface area contributed by atoms with Crippen LogP contribution < -0.4 is 9.47 Å². The van der Waals surface area contributed by atoms with E-state index >= 15 is 0 Å². The average Bonchev–Trinajstić information content (AvgIpc) is 3.41. The van der Waals surface area contributed by atoms with Gasteiger partial charge >= 0.3 is 0 Å². The molecule has 5 heteroatoms. The van der Waals surface area contributed by atoms with Crippen LogP contribution in [0, 0.1) is 0 Å². The maximum atomic E-state index is 5.57. The van der Waals surface area contributed by atoms with Gasteiger partial charge in [-0.15, -0.1) is 22.7 Å². The quantitative estimate of drug-likeness (QED) is 0.475. The normalized spacial score (nSPS) is 12.7. The van der Waals surface area contributed by atoms with Crippen molar-refractivity contribution in [2.75, 3.05) is 6.79 Å². The summed E-state index contributed by atoms with van der Waals surface area (Å²) in [5.41, 5.74) is 3.45. The van der Waals surface area contributed by atoms with Gasteiger partial charge in [0.25, 0.3) is 0 Å². The fourth-order valence-electron chi connectivity index (χ4n) is 2.97. The monoisotopic (exact) mass is 351 g/mol. The van der Waals surface area contributed by atoms with Gasteiger partial charge in [-0.2, -0.15) is 0 Å². The molecule has 1 aliphatic rings. The van der Waals surface area contributed by atoms with E-state index in [0.29, 0.717) is 6.79 Å². The molecule has 3 aromatic heterocycles. The van der Waals surface area contributed by atoms with Gasteiger partial charge in [-0.3, -0.25) is 0 Å². The molecule has 0 saturated heterocycles. The number of nitrogens with zero attached hydrogens (tertiary/aromatic N) is 1. The van der Waals surface area contributed by atoms with E-state index < -0.39 is 0 Å². The van der Waals surface area contributed by atoms with Crippen LogP contribution in [0.1, 0.15) is 0 Å². The van der Waals surface area contributed by atoms with Crippen LogP contribution in [0.15, 0.2) is 65.4 Å². The first-order valence-corrected chi connectivity index (χ1v) is 9.35. The molecule has 4 heterocycles. The highest BCUT2D eigenvalue weighted by molar-refractivity contribution is 7.14. The van der Waals surface area contributed by atoms with Crippen molar-refractivity contribution < 1.29 is 9.47 Å². The molecule has 0 spiro atoms. The summed E-state index contributed by atoms with van der Waals surface area (Å²) in [7, 11) is 0. The lowest BCUT2D eigenvalue weighted by Crippen LogP contribution is -1.98. The van der Waals surface area contributed by atoms with Crippen LogP contribution in [0.2, 0.25) is 0 Å². The maximum Gasteiger partial charge on any atom is 0.231 e. The molecule has 0 amide bonds. The highest BCUT2D eigenvalue weighted by Crippen LogP contribution is 2.39. The van der Waals surface area contributed by atoms with Crippen molar-refractivity contribution in [3.8, 4) is 38.3 Å². The molecule has 0 bridgehead atoms. The van der Waals surface area contributed by atoms with Crippen molar-refractivity contribution in [3.05, 3.63) is 65.4 Å². The standard InChI is InChI=1S/C19H13NO2S2/c1-3-18(23-9-1)14-6-7-15(19-4-2-10-24-19)20(14)13-5-8-16-17(11-13)22-12-21-16/h1-11H,12H2. The number of aromatic nitrogens is 1. The molecule has 4 aromatic rings. The Morgan fingerprint density at radius 1 is 0.750 bits per heavy atom. The summed E-state index contributed by atoms with van der Waals surface area (Å²) in [5.74, 6) is 1.61. The van der Waals surface area contributed by atoms with E-state index in [1.165, 1.54) is 21.1 Å². The summed E-state index contributed by atoms with van der Waals surface area (Å²) in [6, 6.07) is 19.0. The molecule has 0 fully saturated rings. The predicted molar refractivity (Wildman–Crippen MR) is 98.5 cm³/mol. The molecule has 5 rings (SSSR count). The van der Waals surface area contributed by atoms with E-state index in [1.54, 1.807) is 22.7 Å². The van der Waals surface area contributed by atoms with Gasteiger partial charge in [0, 0.05) is 6.07 Å². The van der Waals surface area contributed by atoms with E-state index in [2.05, 4.69) is 63.9 Å². The Labute approximate surface area is 147 Å². The Balaban J connectivity index is 1.75. The summed E-state index contributed by atoms with van der Waals surface area (Å²) in [5, 5.41) is 4.22. The first-order valence-electron chi connectivity index (χ1n) is 7.60. The van der Waals surface area contributed by atoms with E-state index in [9.17, 15) is 0 Å². The zero-order valence-electron chi connectivity index (χ0n) is 12.6. The number of ether oxygens (including phenoxy) is 2. The van der Waals surface area contributed by atoms with Crippen molar-refractivity contribution in [3.63, 3.8) is 0 Å². The minimum atomic E-state index is 0.292. The van der Waals surface area contributed by atoms with Crippen LogP contribution in [0.5, 0.6) is 11.5 Å². The largest absolute Gasteiger partial charge is 0.454 e.